The third-order valence-corrected chi connectivity index (χ3v) is 6.48. The fourth-order valence-corrected chi connectivity index (χ4v) is 4.92. The molecule has 0 N–H and O–H groups in total. The minimum atomic E-state index is -0.303. The van der Waals surface area contributed by atoms with Crippen LogP contribution in [0.15, 0.2) is 71.3 Å². The summed E-state index contributed by atoms with van der Waals surface area (Å²) in [6.45, 7) is 2.73. The number of benzene rings is 3. The highest BCUT2D eigenvalue weighted by molar-refractivity contribution is 6.13. The average Bonchev–Trinajstić information content (AvgIpc) is 3.18. The van der Waals surface area contributed by atoms with Crippen LogP contribution < -0.4 is 9.30 Å². The number of aryl methyl sites for hydroxylation is 3. The Labute approximate surface area is 185 Å². The molecule has 0 amide bonds. The number of para-hydroxylation sites is 1. The van der Waals surface area contributed by atoms with Gasteiger partial charge in [0.2, 0.25) is 5.69 Å². The van der Waals surface area contributed by atoms with Gasteiger partial charge in [0, 0.05) is 28.5 Å². The number of nitrogens with zero attached hydrogens (tertiary/aromatic N) is 1. The fraction of sp³-hybridized carbons (Fsp3) is 0.179. The van der Waals surface area contributed by atoms with Gasteiger partial charge in [-0.1, -0.05) is 30.3 Å². The van der Waals surface area contributed by atoms with Gasteiger partial charge in [0.15, 0.2) is 6.20 Å². The average molecular weight is 424 g/mol. The van der Waals surface area contributed by atoms with Crippen molar-refractivity contribution in [2.75, 3.05) is 6.61 Å². The van der Waals surface area contributed by atoms with Crippen LogP contribution >= 0.6 is 0 Å². The first-order chi connectivity index (χ1) is 15.6. The van der Waals surface area contributed by atoms with Crippen LogP contribution in [0, 0.1) is 12.7 Å². The molecular weight excluding hydrogens is 401 g/mol. The maximum absolute atomic E-state index is 15.4. The molecule has 0 spiro atoms. The minimum absolute atomic E-state index is 0.303. The van der Waals surface area contributed by atoms with Crippen LogP contribution in [0.1, 0.15) is 17.5 Å². The molecule has 3 aromatic carbocycles. The van der Waals surface area contributed by atoms with Crippen LogP contribution in [0.4, 0.5) is 4.39 Å². The zero-order chi connectivity index (χ0) is 21.8. The monoisotopic (exact) mass is 424 g/mol. The number of hydrogen-bond donors (Lipinski definition) is 0. The summed E-state index contributed by atoms with van der Waals surface area (Å²) in [5, 5.41) is 1.89. The Morgan fingerprint density at radius 1 is 0.875 bits per heavy atom. The third-order valence-electron chi connectivity index (χ3n) is 6.48. The number of furan rings is 1. The van der Waals surface area contributed by atoms with Crippen LogP contribution in [0.5, 0.6) is 5.75 Å². The first-order valence-corrected chi connectivity index (χ1v) is 11.0. The van der Waals surface area contributed by atoms with E-state index < -0.39 is 0 Å². The standard InChI is InChI=1S/C28H23FNO2/c1-17-11-12-19-20-13-14-22(29)25(21-9-5-7-18-8-6-16-31-26(18)21)28(20)32-27(19)24(17)23-10-3-4-15-30(23)2/h3-5,7,9-15H,6,8,16H2,1-2H3/q+1. The quantitative estimate of drug-likeness (QED) is 0.302. The van der Waals surface area contributed by atoms with Gasteiger partial charge < -0.3 is 9.15 Å². The highest BCUT2D eigenvalue weighted by Crippen LogP contribution is 2.45. The van der Waals surface area contributed by atoms with E-state index in [0.717, 1.165) is 62.9 Å². The van der Waals surface area contributed by atoms with Crippen molar-refractivity contribution in [1.29, 1.82) is 0 Å². The molecule has 0 unspecified atom stereocenters. The molecule has 3 nitrogen and oxygen atoms in total. The van der Waals surface area contributed by atoms with Crippen molar-refractivity contribution in [3.63, 3.8) is 0 Å². The van der Waals surface area contributed by atoms with E-state index in [9.17, 15) is 0 Å². The topological polar surface area (TPSA) is 26.2 Å². The number of aromatic nitrogens is 1. The van der Waals surface area contributed by atoms with Crippen molar-refractivity contribution < 1.29 is 18.1 Å². The van der Waals surface area contributed by atoms with Gasteiger partial charge in [-0.25, -0.2) is 8.96 Å². The van der Waals surface area contributed by atoms with Gasteiger partial charge in [0.05, 0.1) is 17.7 Å². The van der Waals surface area contributed by atoms with Crippen molar-refractivity contribution in [3.8, 4) is 28.1 Å². The summed E-state index contributed by atoms with van der Waals surface area (Å²) in [6.07, 6.45) is 3.94. The van der Waals surface area contributed by atoms with Gasteiger partial charge in [-0.15, -0.1) is 0 Å². The smallest absolute Gasteiger partial charge is 0.216 e. The summed E-state index contributed by atoms with van der Waals surface area (Å²) >= 11 is 0. The summed E-state index contributed by atoms with van der Waals surface area (Å²) in [5.74, 6) is 0.471. The molecule has 4 heteroatoms. The van der Waals surface area contributed by atoms with Gasteiger partial charge in [0.25, 0.3) is 0 Å². The van der Waals surface area contributed by atoms with Crippen LogP contribution in [0.25, 0.3) is 44.3 Å². The van der Waals surface area contributed by atoms with E-state index in [1.807, 2.05) is 43.6 Å². The predicted molar refractivity (Wildman–Crippen MR) is 124 cm³/mol. The van der Waals surface area contributed by atoms with E-state index >= 15 is 4.39 Å². The number of hydrogen-bond acceptors (Lipinski definition) is 2. The van der Waals surface area contributed by atoms with Gasteiger partial charge in [0.1, 0.15) is 29.8 Å². The fourth-order valence-electron chi connectivity index (χ4n) is 4.92. The molecule has 2 aromatic heterocycles. The van der Waals surface area contributed by atoms with E-state index in [4.69, 9.17) is 9.15 Å². The lowest BCUT2D eigenvalue weighted by Gasteiger charge is -2.20. The molecule has 6 rings (SSSR count). The number of halogens is 1. The maximum atomic E-state index is 15.4. The second-order valence-corrected chi connectivity index (χ2v) is 8.48. The summed E-state index contributed by atoms with van der Waals surface area (Å²) < 4.78 is 30.0. The van der Waals surface area contributed by atoms with E-state index in [-0.39, 0.29) is 5.82 Å². The van der Waals surface area contributed by atoms with Crippen LogP contribution in [-0.4, -0.2) is 6.61 Å². The van der Waals surface area contributed by atoms with Gasteiger partial charge in [-0.2, -0.15) is 0 Å². The Bertz CT molecular complexity index is 1520. The number of rotatable bonds is 2. The molecular formula is C28H23FNO2+. The van der Waals surface area contributed by atoms with Crippen molar-refractivity contribution in [3.05, 3.63) is 83.8 Å². The summed E-state index contributed by atoms with van der Waals surface area (Å²) in [6, 6.07) is 19.6. The lowest BCUT2D eigenvalue weighted by Crippen LogP contribution is -2.30. The molecule has 0 saturated heterocycles. The Kier molecular flexibility index (Phi) is 4.29. The number of ether oxygens (including phenoxy) is 1. The van der Waals surface area contributed by atoms with Crippen LogP contribution in [0.2, 0.25) is 0 Å². The third kappa shape index (κ3) is 2.76. The lowest BCUT2D eigenvalue weighted by atomic mass is 9.95. The molecule has 32 heavy (non-hydrogen) atoms. The van der Waals surface area contributed by atoms with Gasteiger partial charge >= 0.3 is 0 Å². The number of fused-ring (bicyclic) bond motifs is 4. The van der Waals surface area contributed by atoms with Crippen molar-refractivity contribution in [1.82, 2.24) is 0 Å². The molecule has 1 aliphatic rings. The van der Waals surface area contributed by atoms with Crippen LogP contribution in [-0.2, 0) is 13.5 Å². The molecule has 1 aliphatic heterocycles. The first kappa shape index (κ1) is 19.1. The Balaban J connectivity index is 1.71. The zero-order valence-electron chi connectivity index (χ0n) is 18.1. The number of pyridine rings is 1. The molecule has 0 atom stereocenters. The molecule has 5 aromatic rings. The second kappa shape index (κ2) is 7.20. The normalized spacial score (nSPS) is 13.3. The molecule has 3 heterocycles. The summed E-state index contributed by atoms with van der Waals surface area (Å²) in [5.41, 5.74) is 6.88. The van der Waals surface area contributed by atoms with Crippen LogP contribution in [0.3, 0.4) is 0 Å². The highest BCUT2D eigenvalue weighted by atomic mass is 19.1. The molecule has 0 saturated carbocycles. The SMILES string of the molecule is Cc1ccc2c(oc3c(-c4cccc5c4OCCC5)c(F)ccc32)c1-c1cccc[n+]1C. The van der Waals surface area contributed by atoms with E-state index in [2.05, 4.69) is 35.8 Å². The molecule has 0 aliphatic carbocycles. The molecule has 0 bridgehead atoms. The van der Waals surface area contributed by atoms with E-state index in [1.165, 1.54) is 6.07 Å². The lowest BCUT2D eigenvalue weighted by molar-refractivity contribution is -0.660. The molecule has 158 valence electrons. The zero-order valence-corrected chi connectivity index (χ0v) is 18.1. The Morgan fingerprint density at radius 3 is 2.53 bits per heavy atom. The Hall–Kier alpha value is -3.66. The highest BCUT2D eigenvalue weighted by Gasteiger charge is 2.25. The Morgan fingerprint density at radius 2 is 1.69 bits per heavy atom. The van der Waals surface area contributed by atoms with E-state index in [0.29, 0.717) is 17.8 Å². The molecule has 0 fully saturated rings. The largest absolute Gasteiger partial charge is 0.493 e. The second-order valence-electron chi connectivity index (χ2n) is 8.48. The van der Waals surface area contributed by atoms with Crippen molar-refractivity contribution >= 4 is 21.9 Å². The minimum Gasteiger partial charge on any atom is -0.493 e. The van der Waals surface area contributed by atoms with Gasteiger partial charge in [-0.3, -0.25) is 0 Å². The van der Waals surface area contributed by atoms with Crippen molar-refractivity contribution in [2.24, 2.45) is 7.05 Å². The predicted octanol–water partition coefficient (Wildman–Crippen LogP) is 6.52. The van der Waals surface area contributed by atoms with Crippen molar-refractivity contribution in [2.45, 2.75) is 19.8 Å². The molecule has 0 radical (unpaired) electrons. The maximum Gasteiger partial charge on any atom is 0.216 e. The van der Waals surface area contributed by atoms with Gasteiger partial charge in [-0.05, 0) is 49.1 Å². The van der Waals surface area contributed by atoms with E-state index in [1.54, 1.807) is 0 Å². The summed E-state index contributed by atoms with van der Waals surface area (Å²) in [4.78, 5) is 0. The summed E-state index contributed by atoms with van der Waals surface area (Å²) in [7, 11) is 2.02. The first-order valence-electron chi connectivity index (χ1n) is 11.0.